The van der Waals surface area contributed by atoms with Gasteiger partial charge in [-0.3, -0.25) is 9.78 Å². The minimum absolute atomic E-state index is 0.121. The molecule has 29 heavy (non-hydrogen) atoms. The Morgan fingerprint density at radius 3 is 2.55 bits per heavy atom. The molecular formula is C23H23N5O. The van der Waals surface area contributed by atoms with Gasteiger partial charge in [-0.05, 0) is 11.6 Å². The van der Waals surface area contributed by atoms with Crippen LogP contribution in [0.3, 0.4) is 0 Å². The van der Waals surface area contributed by atoms with Gasteiger partial charge in [0, 0.05) is 42.2 Å². The lowest BCUT2D eigenvalue weighted by molar-refractivity contribution is 0.0950. The van der Waals surface area contributed by atoms with Crippen LogP contribution >= 0.6 is 0 Å². The van der Waals surface area contributed by atoms with Gasteiger partial charge in [0.15, 0.2) is 5.65 Å². The molecule has 1 amide bonds. The number of nitrogens with one attached hydrogen (secondary N) is 1. The number of nitrogens with zero attached hydrogens (tertiary/aromatic N) is 4. The Labute approximate surface area is 169 Å². The van der Waals surface area contributed by atoms with Gasteiger partial charge in [-0.1, -0.05) is 57.2 Å². The summed E-state index contributed by atoms with van der Waals surface area (Å²) in [5.41, 5.74) is 4.59. The molecule has 0 aliphatic heterocycles. The van der Waals surface area contributed by atoms with Crippen LogP contribution in [-0.4, -0.2) is 25.5 Å². The third-order valence-electron chi connectivity index (χ3n) is 4.72. The van der Waals surface area contributed by atoms with Crippen molar-refractivity contribution in [2.45, 2.75) is 32.7 Å². The molecule has 0 saturated heterocycles. The molecule has 6 heteroatoms. The molecule has 3 aromatic heterocycles. The molecule has 4 aromatic rings. The maximum atomic E-state index is 13.0. The van der Waals surface area contributed by atoms with Crippen LogP contribution in [0.1, 0.15) is 42.4 Å². The fraction of sp³-hybridized carbons (Fsp3) is 0.217. The maximum Gasteiger partial charge on any atom is 0.255 e. The molecule has 6 nitrogen and oxygen atoms in total. The van der Waals surface area contributed by atoms with Gasteiger partial charge in [0.05, 0.1) is 17.0 Å². The quantitative estimate of drug-likeness (QED) is 0.576. The van der Waals surface area contributed by atoms with E-state index < -0.39 is 0 Å². The zero-order valence-electron chi connectivity index (χ0n) is 16.8. The lowest BCUT2D eigenvalue weighted by Crippen LogP contribution is -2.24. The standard InChI is InChI=1S/C23H23N5O/c1-23(2,3)19-12-20-25-15-18(22(29)26-14-16-8-7-11-24-13-16)21(28(20)27-19)17-9-5-4-6-10-17/h4-13,15H,14H2,1-3H3,(H,26,29). The normalized spacial score (nSPS) is 11.6. The topological polar surface area (TPSA) is 72.2 Å². The molecular weight excluding hydrogens is 362 g/mol. The first kappa shape index (κ1) is 18.8. The first-order valence-corrected chi connectivity index (χ1v) is 9.55. The lowest BCUT2D eigenvalue weighted by atomic mass is 9.93. The minimum atomic E-state index is -0.199. The highest BCUT2D eigenvalue weighted by Gasteiger charge is 2.23. The molecule has 0 fully saturated rings. The number of fused-ring (bicyclic) bond motifs is 1. The van der Waals surface area contributed by atoms with E-state index in [1.165, 1.54) is 0 Å². The molecule has 0 aliphatic carbocycles. The molecule has 1 aromatic carbocycles. The number of benzene rings is 1. The largest absolute Gasteiger partial charge is 0.348 e. The molecule has 0 radical (unpaired) electrons. The number of pyridine rings is 1. The minimum Gasteiger partial charge on any atom is -0.348 e. The van der Waals surface area contributed by atoms with E-state index in [1.807, 2.05) is 48.5 Å². The maximum absolute atomic E-state index is 13.0. The molecule has 0 atom stereocenters. The molecule has 3 heterocycles. The van der Waals surface area contributed by atoms with Gasteiger partial charge in [-0.2, -0.15) is 5.10 Å². The zero-order valence-corrected chi connectivity index (χ0v) is 16.8. The summed E-state index contributed by atoms with van der Waals surface area (Å²) in [6.07, 6.45) is 5.08. The second-order valence-electron chi connectivity index (χ2n) is 7.98. The van der Waals surface area contributed by atoms with Crippen LogP contribution in [0.2, 0.25) is 0 Å². The van der Waals surface area contributed by atoms with Crippen molar-refractivity contribution in [3.8, 4) is 11.3 Å². The van der Waals surface area contributed by atoms with Gasteiger partial charge in [-0.15, -0.1) is 0 Å². The second kappa shape index (κ2) is 7.47. The van der Waals surface area contributed by atoms with Crippen molar-refractivity contribution in [3.63, 3.8) is 0 Å². The lowest BCUT2D eigenvalue weighted by Gasteiger charge is -2.14. The monoisotopic (exact) mass is 385 g/mol. The fourth-order valence-electron chi connectivity index (χ4n) is 3.12. The van der Waals surface area contributed by atoms with E-state index in [0.717, 1.165) is 28.2 Å². The summed E-state index contributed by atoms with van der Waals surface area (Å²) in [6.45, 7) is 6.72. The van der Waals surface area contributed by atoms with E-state index in [1.54, 1.807) is 23.1 Å². The van der Waals surface area contributed by atoms with Gasteiger partial charge in [-0.25, -0.2) is 9.50 Å². The summed E-state index contributed by atoms with van der Waals surface area (Å²) in [5, 5.41) is 7.75. The number of hydrogen-bond donors (Lipinski definition) is 1. The Hall–Kier alpha value is -3.54. The SMILES string of the molecule is CC(C)(C)c1cc2ncc(C(=O)NCc3cccnc3)c(-c3ccccc3)n2n1. The average Bonchev–Trinajstić information content (AvgIpc) is 3.17. The first-order chi connectivity index (χ1) is 13.9. The molecule has 146 valence electrons. The Bertz CT molecular complexity index is 1140. The number of aromatic nitrogens is 4. The molecule has 0 spiro atoms. The van der Waals surface area contributed by atoms with Crippen LogP contribution in [-0.2, 0) is 12.0 Å². The number of rotatable bonds is 4. The Morgan fingerprint density at radius 1 is 1.07 bits per heavy atom. The summed E-state index contributed by atoms with van der Waals surface area (Å²) in [7, 11) is 0. The van der Waals surface area contributed by atoms with Gasteiger partial charge in [0.2, 0.25) is 0 Å². The van der Waals surface area contributed by atoms with Crippen molar-refractivity contribution in [2.75, 3.05) is 0 Å². The number of hydrogen-bond acceptors (Lipinski definition) is 4. The highest BCUT2D eigenvalue weighted by Crippen LogP contribution is 2.27. The summed E-state index contributed by atoms with van der Waals surface area (Å²) < 4.78 is 1.77. The number of carbonyl (C=O) groups is 1. The molecule has 0 aliphatic rings. The number of amides is 1. The van der Waals surface area contributed by atoms with E-state index in [2.05, 4.69) is 36.1 Å². The predicted molar refractivity (Wildman–Crippen MR) is 113 cm³/mol. The van der Waals surface area contributed by atoms with Crippen LogP contribution in [0.15, 0.2) is 67.1 Å². The van der Waals surface area contributed by atoms with Crippen LogP contribution in [0.4, 0.5) is 0 Å². The molecule has 4 rings (SSSR count). The highest BCUT2D eigenvalue weighted by atomic mass is 16.1. The summed E-state index contributed by atoms with van der Waals surface area (Å²) in [5.74, 6) is -0.199. The molecule has 1 N–H and O–H groups in total. The van der Waals surface area contributed by atoms with Gasteiger partial charge in [0.25, 0.3) is 5.91 Å². The first-order valence-electron chi connectivity index (χ1n) is 9.55. The molecule has 0 saturated carbocycles. The predicted octanol–water partition coefficient (Wildman–Crippen LogP) is 4.02. The van der Waals surface area contributed by atoms with Crippen molar-refractivity contribution >= 4 is 11.6 Å². The Morgan fingerprint density at radius 2 is 1.86 bits per heavy atom. The van der Waals surface area contributed by atoms with Gasteiger partial charge >= 0.3 is 0 Å². The van der Waals surface area contributed by atoms with Crippen LogP contribution in [0.5, 0.6) is 0 Å². The van der Waals surface area contributed by atoms with E-state index in [4.69, 9.17) is 5.10 Å². The third-order valence-corrected chi connectivity index (χ3v) is 4.72. The number of carbonyl (C=O) groups excluding carboxylic acids is 1. The summed E-state index contributed by atoms with van der Waals surface area (Å²) in [4.78, 5) is 21.6. The highest BCUT2D eigenvalue weighted by molar-refractivity contribution is 6.00. The van der Waals surface area contributed by atoms with E-state index in [9.17, 15) is 4.79 Å². The Balaban J connectivity index is 1.79. The second-order valence-corrected chi connectivity index (χ2v) is 7.98. The van der Waals surface area contributed by atoms with Gasteiger partial charge < -0.3 is 5.32 Å². The van der Waals surface area contributed by atoms with Crippen molar-refractivity contribution < 1.29 is 4.79 Å². The van der Waals surface area contributed by atoms with E-state index in [0.29, 0.717) is 12.1 Å². The zero-order chi connectivity index (χ0) is 20.4. The van der Waals surface area contributed by atoms with Crippen molar-refractivity contribution in [3.05, 3.63) is 83.9 Å². The Kier molecular flexibility index (Phi) is 4.84. The van der Waals surface area contributed by atoms with Crippen LogP contribution < -0.4 is 5.32 Å². The third kappa shape index (κ3) is 3.87. The van der Waals surface area contributed by atoms with E-state index in [-0.39, 0.29) is 11.3 Å². The summed E-state index contributed by atoms with van der Waals surface area (Å²) in [6, 6.07) is 15.6. The van der Waals surface area contributed by atoms with Crippen LogP contribution in [0.25, 0.3) is 16.9 Å². The smallest absolute Gasteiger partial charge is 0.255 e. The molecule has 0 bridgehead atoms. The molecule has 0 unspecified atom stereocenters. The van der Waals surface area contributed by atoms with Gasteiger partial charge in [0.1, 0.15) is 0 Å². The van der Waals surface area contributed by atoms with Crippen molar-refractivity contribution in [2.24, 2.45) is 0 Å². The summed E-state index contributed by atoms with van der Waals surface area (Å²) >= 11 is 0. The van der Waals surface area contributed by atoms with Crippen LogP contribution in [0, 0.1) is 0 Å². The fourth-order valence-corrected chi connectivity index (χ4v) is 3.12. The van der Waals surface area contributed by atoms with Crippen molar-refractivity contribution in [1.82, 2.24) is 24.9 Å². The average molecular weight is 385 g/mol. The van der Waals surface area contributed by atoms with Crippen molar-refractivity contribution in [1.29, 1.82) is 0 Å². The van der Waals surface area contributed by atoms with E-state index >= 15 is 0 Å².